The second kappa shape index (κ2) is 6.27. The molecule has 0 aliphatic carbocycles. The van der Waals surface area contributed by atoms with Gasteiger partial charge >= 0.3 is 0 Å². The summed E-state index contributed by atoms with van der Waals surface area (Å²) in [6, 6.07) is 5.16. The lowest BCUT2D eigenvalue weighted by atomic mass is 9.89. The van der Waals surface area contributed by atoms with Crippen LogP contribution in [-0.4, -0.2) is 10.6 Å². The molecule has 17 heavy (non-hydrogen) atoms. The third-order valence-electron chi connectivity index (χ3n) is 3.73. The molecular formula is C14H22ClNO. The van der Waals surface area contributed by atoms with Gasteiger partial charge in [0.15, 0.2) is 0 Å². The van der Waals surface area contributed by atoms with Gasteiger partial charge in [0.1, 0.15) is 5.75 Å². The first kappa shape index (κ1) is 14.3. The van der Waals surface area contributed by atoms with E-state index in [2.05, 4.69) is 26.1 Å². The van der Waals surface area contributed by atoms with E-state index < -0.39 is 0 Å². The summed E-state index contributed by atoms with van der Waals surface area (Å²) >= 11 is 5.93. The second-order valence-electron chi connectivity index (χ2n) is 4.47. The molecule has 0 aromatic heterocycles. The van der Waals surface area contributed by atoms with Crippen LogP contribution in [0.3, 0.4) is 0 Å². The number of phenols is 1. The summed E-state index contributed by atoms with van der Waals surface area (Å²) in [6.07, 6.45) is 3.25. The molecule has 96 valence electrons. The minimum atomic E-state index is 0.161. The number of benzene rings is 1. The van der Waals surface area contributed by atoms with Gasteiger partial charge < -0.3 is 10.4 Å². The average Bonchev–Trinajstić information content (AvgIpc) is 2.35. The molecule has 0 radical (unpaired) electrons. The monoisotopic (exact) mass is 255 g/mol. The van der Waals surface area contributed by atoms with E-state index in [-0.39, 0.29) is 5.54 Å². The Hall–Kier alpha value is -0.730. The zero-order chi connectivity index (χ0) is 12.9. The summed E-state index contributed by atoms with van der Waals surface area (Å²) in [7, 11) is 0. The number of phenolic OH excluding ortho intramolecular Hbond substituents is 1. The number of hydrogen-bond donors (Lipinski definition) is 2. The maximum atomic E-state index is 9.75. The van der Waals surface area contributed by atoms with Gasteiger partial charge in [0.05, 0.1) is 0 Å². The van der Waals surface area contributed by atoms with Crippen LogP contribution in [0.25, 0.3) is 0 Å². The molecule has 2 nitrogen and oxygen atoms in total. The molecular weight excluding hydrogens is 234 g/mol. The van der Waals surface area contributed by atoms with Crippen LogP contribution in [0, 0.1) is 0 Å². The maximum absolute atomic E-state index is 9.75. The highest BCUT2D eigenvalue weighted by molar-refractivity contribution is 6.30. The van der Waals surface area contributed by atoms with Gasteiger partial charge in [0.2, 0.25) is 0 Å². The number of nitrogens with one attached hydrogen (secondary N) is 1. The lowest BCUT2D eigenvalue weighted by Gasteiger charge is -2.32. The Labute approximate surface area is 109 Å². The topological polar surface area (TPSA) is 32.3 Å². The van der Waals surface area contributed by atoms with E-state index in [1.165, 1.54) is 0 Å². The Morgan fingerprint density at radius 3 is 2.29 bits per heavy atom. The van der Waals surface area contributed by atoms with Crippen molar-refractivity contribution in [2.24, 2.45) is 0 Å². The van der Waals surface area contributed by atoms with Crippen molar-refractivity contribution in [3.05, 3.63) is 28.8 Å². The normalized spacial score (nSPS) is 11.8. The van der Waals surface area contributed by atoms with Gasteiger partial charge in [0, 0.05) is 22.7 Å². The van der Waals surface area contributed by atoms with Crippen LogP contribution in [-0.2, 0) is 6.54 Å². The molecule has 2 N–H and O–H groups in total. The Bertz CT molecular complexity index is 353. The molecule has 0 fully saturated rings. The zero-order valence-corrected chi connectivity index (χ0v) is 11.6. The van der Waals surface area contributed by atoms with E-state index in [4.69, 9.17) is 11.6 Å². The predicted octanol–water partition coefficient (Wildman–Crippen LogP) is 4.10. The molecule has 0 saturated carbocycles. The summed E-state index contributed by atoms with van der Waals surface area (Å²) < 4.78 is 0. The number of halogens is 1. The van der Waals surface area contributed by atoms with Crippen molar-refractivity contribution >= 4 is 11.6 Å². The fourth-order valence-corrected chi connectivity index (χ4v) is 2.30. The fourth-order valence-electron chi connectivity index (χ4n) is 2.10. The molecule has 1 aromatic carbocycles. The molecule has 0 amide bonds. The molecule has 1 rings (SSSR count). The van der Waals surface area contributed by atoms with E-state index in [0.717, 1.165) is 24.8 Å². The van der Waals surface area contributed by atoms with Crippen molar-refractivity contribution in [3.63, 3.8) is 0 Å². The van der Waals surface area contributed by atoms with Crippen LogP contribution in [0.15, 0.2) is 18.2 Å². The molecule has 0 aliphatic heterocycles. The number of hydrogen-bond acceptors (Lipinski definition) is 2. The van der Waals surface area contributed by atoms with Gasteiger partial charge in [-0.25, -0.2) is 0 Å². The van der Waals surface area contributed by atoms with Crippen molar-refractivity contribution in [2.45, 2.75) is 52.1 Å². The summed E-state index contributed by atoms with van der Waals surface area (Å²) in [5.74, 6) is 0.305. The molecule has 0 aliphatic rings. The number of aromatic hydroxyl groups is 1. The molecule has 3 heteroatoms. The molecule has 0 heterocycles. The molecule has 1 aromatic rings. The summed E-state index contributed by atoms with van der Waals surface area (Å²) in [6.45, 7) is 7.23. The van der Waals surface area contributed by atoms with Crippen LogP contribution in [0.2, 0.25) is 5.02 Å². The van der Waals surface area contributed by atoms with Gasteiger partial charge in [-0.1, -0.05) is 32.4 Å². The Kier molecular flexibility index (Phi) is 5.29. The van der Waals surface area contributed by atoms with E-state index in [0.29, 0.717) is 17.3 Å². The third-order valence-corrected chi connectivity index (χ3v) is 3.96. The number of rotatable bonds is 6. The van der Waals surface area contributed by atoms with Gasteiger partial charge in [0.25, 0.3) is 0 Å². The van der Waals surface area contributed by atoms with Crippen molar-refractivity contribution in [1.29, 1.82) is 0 Å². The highest BCUT2D eigenvalue weighted by atomic mass is 35.5. The minimum Gasteiger partial charge on any atom is -0.508 e. The van der Waals surface area contributed by atoms with Crippen molar-refractivity contribution in [1.82, 2.24) is 5.32 Å². The standard InChI is InChI=1S/C14H22ClNO/c1-4-14(5-2,6-3)16-10-11-9-12(15)7-8-13(11)17/h7-9,16-17H,4-6,10H2,1-3H3. The van der Waals surface area contributed by atoms with Crippen LogP contribution < -0.4 is 5.32 Å². The fraction of sp³-hybridized carbons (Fsp3) is 0.571. The van der Waals surface area contributed by atoms with E-state index in [9.17, 15) is 5.11 Å². The lowest BCUT2D eigenvalue weighted by Crippen LogP contribution is -2.43. The van der Waals surface area contributed by atoms with E-state index >= 15 is 0 Å². The van der Waals surface area contributed by atoms with E-state index in [1.54, 1.807) is 12.1 Å². The highest BCUT2D eigenvalue weighted by Crippen LogP contribution is 2.24. The van der Waals surface area contributed by atoms with Crippen molar-refractivity contribution in [3.8, 4) is 5.75 Å². The van der Waals surface area contributed by atoms with Gasteiger partial charge in [-0.05, 0) is 37.5 Å². The van der Waals surface area contributed by atoms with Crippen molar-refractivity contribution in [2.75, 3.05) is 0 Å². The first-order valence-corrected chi connectivity index (χ1v) is 6.67. The minimum absolute atomic E-state index is 0.161. The predicted molar refractivity (Wildman–Crippen MR) is 73.6 cm³/mol. The van der Waals surface area contributed by atoms with E-state index in [1.807, 2.05) is 6.07 Å². The molecule has 0 spiro atoms. The van der Waals surface area contributed by atoms with Gasteiger partial charge in [-0.2, -0.15) is 0 Å². The zero-order valence-electron chi connectivity index (χ0n) is 10.9. The summed E-state index contributed by atoms with van der Waals surface area (Å²) in [4.78, 5) is 0. The second-order valence-corrected chi connectivity index (χ2v) is 4.90. The first-order chi connectivity index (χ1) is 8.06. The lowest BCUT2D eigenvalue weighted by molar-refractivity contribution is 0.286. The Morgan fingerprint density at radius 2 is 1.76 bits per heavy atom. The molecule has 0 saturated heterocycles. The van der Waals surface area contributed by atoms with Gasteiger partial charge in [-0.3, -0.25) is 0 Å². The average molecular weight is 256 g/mol. The van der Waals surface area contributed by atoms with Crippen LogP contribution >= 0.6 is 11.6 Å². The highest BCUT2D eigenvalue weighted by Gasteiger charge is 2.22. The maximum Gasteiger partial charge on any atom is 0.120 e. The smallest absolute Gasteiger partial charge is 0.120 e. The van der Waals surface area contributed by atoms with Gasteiger partial charge in [-0.15, -0.1) is 0 Å². The van der Waals surface area contributed by atoms with Crippen molar-refractivity contribution < 1.29 is 5.11 Å². The first-order valence-electron chi connectivity index (χ1n) is 6.29. The SMILES string of the molecule is CCC(CC)(CC)NCc1cc(Cl)ccc1O. The molecule has 0 atom stereocenters. The molecule has 0 unspecified atom stereocenters. The third kappa shape index (κ3) is 3.62. The summed E-state index contributed by atoms with van der Waals surface area (Å²) in [5.41, 5.74) is 1.02. The van der Waals surface area contributed by atoms with Crippen LogP contribution in [0.5, 0.6) is 5.75 Å². The van der Waals surface area contributed by atoms with Crippen LogP contribution in [0.1, 0.15) is 45.6 Å². The largest absolute Gasteiger partial charge is 0.508 e. The molecule has 0 bridgehead atoms. The summed E-state index contributed by atoms with van der Waals surface area (Å²) in [5, 5.41) is 14.0. The quantitative estimate of drug-likeness (QED) is 0.802. The Morgan fingerprint density at radius 1 is 1.18 bits per heavy atom. The van der Waals surface area contributed by atoms with Crippen LogP contribution in [0.4, 0.5) is 0 Å². The Balaban J connectivity index is 2.75.